The van der Waals surface area contributed by atoms with Crippen molar-refractivity contribution in [3.8, 4) is 0 Å². The molecular formula is C13H18N2O2S. The number of pyridine rings is 1. The highest BCUT2D eigenvalue weighted by Crippen LogP contribution is 2.44. The molecule has 0 bridgehead atoms. The molecule has 0 aromatic carbocycles. The first kappa shape index (κ1) is 12.1. The highest BCUT2D eigenvalue weighted by Gasteiger charge is 2.40. The normalized spacial score (nSPS) is 31.4. The Morgan fingerprint density at radius 2 is 2.11 bits per heavy atom. The second-order valence-corrected chi connectivity index (χ2v) is 7.06. The fourth-order valence-electron chi connectivity index (χ4n) is 3.48. The maximum atomic E-state index is 12.2. The summed E-state index contributed by atoms with van der Waals surface area (Å²) in [5, 5.41) is 0. The zero-order valence-electron chi connectivity index (χ0n) is 10.2. The number of nitrogens with zero attached hydrogens (tertiary/aromatic N) is 1. The molecule has 0 radical (unpaired) electrons. The summed E-state index contributed by atoms with van der Waals surface area (Å²) in [4.78, 5) is 4.14. The molecule has 4 nitrogen and oxygen atoms in total. The zero-order chi connectivity index (χ0) is 12.6. The van der Waals surface area contributed by atoms with E-state index in [4.69, 9.17) is 0 Å². The van der Waals surface area contributed by atoms with E-state index in [0.717, 1.165) is 12.3 Å². The van der Waals surface area contributed by atoms with Gasteiger partial charge >= 0.3 is 0 Å². The third-order valence-corrected chi connectivity index (χ3v) is 5.81. The van der Waals surface area contributed by atoms with Gasteiger partial charge in [-0.05, 0) is 43.2 Å². The Morgan fingerprint density at radius 1 is 1.22 bits per heavy atom. The van der Waals surface area contributed by atoms with E-state index in [0.29, 0.717) is 5.92 Å². The Bertz CT molecular complexity index is 515. The van der Waals surface area contributed by atoms with Crippen LogP contribution in [0.5, 0.6) is 0 Å². The van der Waals surface area contributed by atoms with Crippen LogP contribution in [0.25, 0.3) is 0 Å². The number of hydrogen-bond acceptors (Lipinski definition) is 3. The van der Waals surface area contributed by atoms with E-state index in [-0.39, 0.29) is 10.9 Å². The Balaban J connectivity index is 1.77. The molecule has 0 aliphatic heterocycles. The molecular weight excluding hydrogens is 248 g/mol. The van der Waals surface area contributed by atoms with Crippen molar-refractivity contribution < 1.29 is 8.42 Å². The van der Waals surface area contributed by atoms with Crippen LogP contribution in [0.15, 0.2) is 29.4 Å². The third kappa shape index (κ3) is 2.17. The Kier molecular flexibility index (Phi) is 3.11. The second kappa shape index (κ2) is 4.63. The third-order valence-electron chi connectivity index (χ3n) is 4.33. The molecule has 0 spiro atoms. The molecule has 2 aliphatic rings. The molecule has 3 atom stereocenters. The molecule has 98 valence electrons. The van der Waals surface area contributed by atoms with Gasteiger partial charge in [-0.25, -0.2) is 13.1 Å². The number of rotatable bonds is 3. The fraction of sp³-hybridized carbons (Fsp3) is 0.615. The highest BCUT2D eigenvalue weighted by atomic mass is 32.2. The van der Waals surface area contributed by atoms with Crippen LogP contribution in [-0.2, 0) is 10.0 Å². The van der Waals surface area contributed by atoms with Crippen LogP contribution in [0.3, 0.4) is 0 Å². The van der Waals surface area contributed by atoms with E-state index in [2.05, 4.69) is 9.71 Å². The van der Waals surface area contributed by atoms with Gasteiger partial charge in [-0.1, -0.05) is 12.8 Å². The van der Waals surface area contributed by atoms with E-state index in [9.17, 15) is 8.42 Å². The minimum Gasteiger partial charge on any atom is -0.263 e. The maximum absolute atomic E-state index is 12.2. The molecule has 3 unspecified atom stereocenters. The van der Waals surface area contributed by atoms with Gasteiger partial charge in [0.05, 0.1) is 0 Å². The molecule has 18 heavy (non-hydrogen) atoms. The van der Waals surface area contributed by atoms with Gasteiger partial charge in [-0.15, -0.1) is 0 Å². The van der Waals surface area contributed by atoms with E-state index in [1.165, 1.54) is 31.9 Å². The summed E-state index contributed by atoms with van der Waals surface area (Å²) in [6.07, 6.45) is 8.84. The van der Waals surface area contributed by atoms with Crippen molar-refractivity contribution in [1.82, 2.24) is 9.71 Å². The molecule has 3 rings (SSSR count). The van der Waals surface area contributed by atoms with Gasteiger partial charge in [0.25, 0.3) is 0 Å². The van der Waals surface area contributed by atoms with Crippen LogP contribution in [0.4, 0.5) is 0 Å². The Morgan fingerprint density at radius 3 is 2.89 bits per heavy atom. The van der Waals surface area contributed by atoms with Crippen LogP contribution in [0.1, 0.15) is 32.1 Å². The molecule has 0 amide bonds. The molecule has 5 heteroatoms. The summed E-state index contributed by atoms with van der Waals surface area (Å²) in [6, 6.07) is 3.38. The zero-order valence-corrected chi connectivity index (χ0v) is 11.1. The SMILES string of the molecule is O=S(=O)(NC1CCC2CCCC21)c1cccnc1. The molecule has 0 saturated heterocycles. The Hall–Kier alpha value is -0.940. The van der Waals surface area contributed by atoms with Crippen LogP contribution < -0.4 is 4.72 Å². The summed E-state index contributed by atoms with van der Waals surface area (Å²) in [5.74, 6) is 1.29. The first-order valence-electron chi connectivity index (χ1n) is 6.59. The average molecular weight is 266 g/mol. The van der Waals surface area contributed by atoms with Gasteiger partial charge in [-0.3, -0.25) is 4.98 Å². The van der Waals surface area contributed by atoms with E-state index in [1.807, 2.05) is 0 Å². The average Bonchev–Trinajstić information content (AvgIpc) is 2.95. The van der Waals surface area contributed by atoms with Crippen molar-refractivity contribution in [3.05, 3.63) is 24.5 Å². The molecule has 1 N–H and O–H groups in total. The summed E-state index contributed by atoms with van der Waals surface area (Å²) >= 11 is 0. The fourth-order valence-corrected chi connectivity index (χ4v) is 4.77. The molecule has 1 aromatic heterocycles. The van der Waals surface area contributed by atoms with Gasteiger partial charge in [0, 0.05) is 18.4 Å². The smallest absolute Gasteiger partial charge is 0.242 e. The predicted molar refractivity (Wildman–Crippen MR) is 68.4 cm³/mol. The van der Waals surface area contributed by atoms with E-state index in [1.54, 1.807) is 18.3 Å². The van der Waals surface area contributed by atoms with Crippen molar-refractivity contribution >= 4 is 10.0 Å². The van der Waals surface area contributed by atoms with E-state index < -0.39 is 10.0 Å². The lowest BCUT2D eigenvalue weighted by Gasteiger charge is -2.19. The van der Waals surface area contributed by atoms with Crippen molar-refractivity contribution in [3.63, 3.8) is 0 Å². The van der Waals surface area contributed by atoms with Gasteiger partial charge < -0.3 is 0 Å². The van der Waals surface area contributed by atoms with Gasteiger partial charge in [0.2, 0.25) is 10.0 Å². The van der Waals surface area contributed by atoms with Gasteiger partial charge in [0.1, 0.15) is 4.90 Å². The van der Waals surface area contributed by atoms with Gasteiger partial charge in [0.15, 0.2) is 0 Å². The van der Waals surface area contributed by atoms with Crippen LogP contribution in [-0.4, -0.2) is 19.4 Å². The van der Waals surface area contributed by atoms with Crippen molar-refractivity contribution in [2.24, 2.45) is 11.8 Å². The highest BCUT2D eigenvalue weighted by molar-refractivity contribution is 7.89. The largest absolute Gasteiger partial charge is 0.263 e. The number of hydrogen-bond donors (Lipinski definition) is 1. The monoisotopic (exact) mass is 266 g/mol. The molecule has 1 aromatic rings. The number of aromatic nitrogens is 1. The maximum Gasteiger partial charge on any atom is 0.242 e. The van der Waals surface area contributed by atoms with Gasteiger partial charge in [-0.2, -0.15) is 0 Å². The van der Waals surface area contributed by atoms with E-state index >= 15 is 0 Å². The van der Waals surface area contributed by atoms with Crippen LogP contribution in [0.2, 0.25) is 0 Å². The summed E-state index contributed by atoms with van der Waals surface area (Å²) in [5.41, 5.74) is 0. The summed E-state index contributed by atoms with van der Waals surface area (Å²) in [7, 11) is -3.39. The topological polar surface area (TPSA) is 59.1 Å². The molecule has 2 saturated carbocycles. The number of fused-ring (bicyclic) bond motifs is 1. The standard InChI is InChI=1S/C13H18N2O2S/c16-18(17,11-4-2-8-14-9-11)15-13-7-6-10-3-1-5-12(10)13/h2,4,8-10,12-13,15H,1,3,5-7H2. The van der Waals surface area contributed by atoms with Crippen LogP contribution in [0, 0.1) is 11.8 Å². The van der Waals surface area contributed by atoms with Crippen molar-refractivity contribution in [2.75, 3.05) is 0 Å². The minimum atomic E-state index is -3.39. The predicted octanol–water partition coefficient (Wildman–Crippen LogP) is 1.94. The van der Waals surface area contributed by atoms with Crippen molar-refractivity contribution in [1.29, 1.82) is 0 Å². The summed E-state index contributed by atoms with van der Waals surface area (Å²) < 4.78 is 27.3. The van der Waals surface area contributed by atoms with Crippen LogP contribution >= 0.6 is 0 Å². The number of sulfonamides is 1. The lowest BCUT2D eigenvalue weighted by molar-refractivity contribution is 0.400. The van der Waals surface area contributed by atoms with Crippen molar-refractivity contribution in [2.45, 2.75) is 43.0 Å². The molecule has 1 heterocycles. The first-order valence-corrected chi connectivity index (χ1v) is 8.07. The molecule has 2 aliphatic carbocycles. The lowest BCUT2D eigenvalue weighted by atomic mass is 9.98. The Labute approximate surface area is 108 Å². The first-order chi connectivity index (χ1) is 8.67. The second-order valence-electron chi connectivity index (χ2n) is 5.35. The molecule has 2 fully saturated rings. The lowest BCUT2D eigenvalue weighted by Crippen LogP contribution is -2.37. The quantitative estimate of drug-likeness (QED) is 0.909. The summed E-state index contributed by atoms with van der Waals surface area (Å²) in [6.45, 7) is 0. The minimum absolute atomic E-state index is 0.128. The number of nitrogens with one attached hydrogen (secondary N) is 1.